The molecule has 3 unspecified atom stereocenters. The van der Waals surface area contributed by atoms with E-state index in [-0.39, 0.29) is 10.8 Å². The van der Waals surface area contributed by atoms with Gasteiger partial charge in [0.05, 0.1) is 16.5 Å². The molecule has 30 heavy (non-hydrogen) atoms. The highest BCUT2D eigenvalue weighted by molar-refractivity contribution is 7.89. The number of aryl methyl sites for hydroxylation is 1. The first-order valence-corrected chi connectivity index (χ1v) is 11.6. The molecule has 1 N–H and O–H groups in total. The van der Waals surface area contributed by atoms with Crippen molar-refractivity contribution in [2.45, 2.75) is 56.2 Å². The van der Waals surface area contributed by atoms with Crippen LogP contribution in [0, 0.1) is 12.8 Å². The predicted octanol–water partition coefficient (Wildman–Crippen LogP) is 4.02. The summed E-state index contributed by atoms with van der Waals surface area (Å²) in [5.74, 6) is 0.0513. The topological polar surface area (TPSA) is 75.7 Å². The molecule has 1 saturated carbocycles. The van der Waals surface area contributed by atoms with Crippen molar-refractivity contribution in [3.05, 3.63) is 65.7 Å². The van der Waals surface area contributed by atoms with Crippen LogP contribution in [0.1, 0.15) is 44.4 Å². The number of nitrogens with one attached hydrogen (secondary N) is 1. The van der Waals surface area contributed by atoms with Gasteiger partial charge in [-0.15, -0.1) is 0 Å². The fourth-order valence-electron chi connectivity index (χ4n) is 4.39. The monoisotopic (exact) mass is 428 g/mol. The maximum atomic E-state index is 13.5. The number of benzene rings is 2. The third kappa shape index (κ3) is 3.72. The van der Waals surface area contributed by atoms with E-state index in [1.807, 2.05) is 58.0 Å². The third-order valence-corrected chi connectivity index (χ3v) is 7.65. The number of hydrogen-bond acceptors (Lipinski definition) is 4. The molecule has 2 fully saturated rings. The average Bonchev–Trinajstić information content (AvgIpc) is 3.23. The highest BCUT2D eigenvalue weighted by Gasteiger charge is 2.69. The van der Waals surface area contributed by atoms with Gasteiger partial charge in [0.15, 0.2) is 0 Å². The number of fused-ring (bicyclic) bond motifs is 1. The van der Waals surface area contributed by atoms with Gasteiger partial charge in [0.1, 0.15) is 5.60 Å². The van der Waals surface area contributed by atoms with Gasteiger partial charge in [0.2, 0.25) is 10.0 Å². The molecule has 1 amide bonds. The van der Waals surface area contributed by atoms with Crippen molar-refractivity contribution < 1.29 is 17.9 Å². The van der Waals surface area contributed by atoms with E-state index in [0.717, 1.165) is 17.5 Å². The molecule has 7 heteroatoms. The summed E-state index contributed by atoms with van der Waals surface area (Å²) in [6.45, 7) is 7.73. The van der Waals surface area contributed by atoms with Crippen molar-refractivity contribution in [1.29, 1.82) is 0 Å². The van der Waals surface area contributed by atoms with Crippen LogP contribution in [0.25, 0.3) is 0 Å². The van der Waals surface area contributed by atoms with E-state index < -0.39 is 33.3 Å². The summed E-state index contributed by atoms with van der Waals surface area (Å²) in [6.07, 6.45) is 0.214. The first kappa shape index (κ1) is 20.9. The molecule has 1 saturated heterocycles. The van der Waals surface area contributed by atoms with Crippen molar-refractivity contribution >= 4 is 16.1 Å². The number of rotatable bonds is 4. The Morgan fingerprint density at radius 3 is 2.33 bits per heavy atom. The molecule has 2 aromatic carbocycles. The molecule has 3 atom stereocenters. The molecule has 0 bridgehead atoms. The minimum Gasteiger partial charge on any atom is -0.444 e. The van der Waals surface area contributed by atoms with Crippen LogP contribution in [0.5, 0.6) is 0 Å². The zero-order chi connectivity index (χ0) is 21.7. The van der Waals surface area contributed by atoms with Crippen molar-refractivity contribution in [3.63, 3.8) is 0 Å². The van der Waals surface area contributed by atoms with Gasteiger partial charge >= 0.3 is 6.09 Å². The Balaban J connectivity index is 1.71. The van der Waals surface area contributed by atoms with Crippen LogP contribution in [0.3, 0.4) is 0 Å². The molecule has 0 aromatic heterocycles. The van der Waals surface area contributed by atoms with Crippen LogP contribution in [-0.2, 0) is 14.8 Å². The van der Waals surface area contributed by atoms with Crippen molar-refractivity contribution in [2.24, 2.45) is 5.92 Å². The summed E-state index contributed by atoms with van der Waals surface area (Å²) >= 11 is 0. The maximum absolute atomic E-state index is 13.5. The van der Waals surface area contributed by atoms with Gasteiger partial charge in [-0.1, -0.05) is 48.0 Å². The maximum Gasteiger partial charge on any atom is 0.408 e. The summed E-state index contributed by atoms with van der Waals surface area (Å²) in [4.78, 5) is 12.9. The number of carbonyl (C=O) groups excluding carboxylic acids is 1. The summed E-state index contributed by atoms with van der Waals surface area (Å²) in [7, 11) is -3.72. The number of hydrogen-bond donors (Lipinski definition) is 1. The van der Waals surface area contributed by atoms with Crippen LogP contribution in [0.2, 0.25) is 0 Å². The third-order valence-electron chi connectivity index (χ3n) is 5.81. The van der Waals surface area contributed by atoms with E-state index in [9.17, 15) is 13.2 Å². The summed E-state index contributed by atoms with van der Waals surface area (Å²) in [5.41, 5.74) is 0.589. The smallest absolute Gasteiger partial charge is 0.408 e. The van der Waals surface area contributed by atoms with Crippen molar-refractivity contribution in [3.8, 4) is 0 Å². The quantitative estimate of drug-likeness (QED) is 0.798. The Kier molecular flexibility index (Phi) is 4.94. The summed E-state index contributed by atoms with van der Waals surface area (Å²) in [5, 5.41) is 3.03. The van der Waals surface area contributed by atoms with Crippen LogP contribution >= 0.6 is 0 Å². The SMILES string of the molecule is Cc1ccc(S(=O)(=O)N2CC3CC3(NC(=O)OC(C)(C)C)C2c2ccccc2)cc1. The number of alkyl carbamates (subject to hydrolysis) is 1. The number of amides is 1. The van der Waals surface area contributed by atoms with Gasteiger partial charge in [-0.05, 0) is 51.8 Å². The lowest BCUT2D eigenvalue weighted by Gasteiger charge is -2.33. The fraction of sp³-hybridized carbons (Fsp3) is 0.435. The molecule has 1 heterocycles. The summed E-state index contributed by atoms with van der Waals surface area (Å²) in [6, 6.07) is 15.9. The van der Waals surface area contributed by atoms with E-state index in [1.165, 1.54) is 0 Å². The molecular formula is C23H28N2O4S. The van der Waals surface area contributed by atoms with Crippen molar-refractivity contribution in [2.75, 3.05) is 6.54 Å². The predicted molar refractivity (Wildman–Crippen MR) is 114 cm³/mol. The highest BCUT2D eigenvalue weighted by Crippen LogP contribution is 2.61. The standard InChI is InChI=1S/C23H28N2O4S/c1-16-10-12-19(13-11-16)30(27,28)25-15-18-14-23(18,24-21(26)29-22(2,3)4)20(25)17-8-6-5-7-9-17/h5-13,18,20H,14-15H2,1-4H3,(H,24,26). The Morgan fingerprint density at radius 2 is 1.73 bits per heavy atom. The molecule has 6 nitrogen and oxygen atoms in total. The Hall–Kier alpha value is -2.38. The number of nitrogens with zero attached hydrogens (tertiary/aromatic N) is 1. The highest BCUT2D eigenvalue weighted by atomic mass is 32.2. The van der Waals surface area contributed by atoms with Gasteiger partial charge in [-0.3, -0.25) is 0 Å². The van der Waals surface area contributed by atoms with Gasteiger partial charge < -0.3 is 10.1 Å². The first-order valence-electron chi connectivity index (χ1n) is 10.2. The normalized spacial score (nSPS) is 26.1. The number of piperidine rings is 1. The van der Waals surface area contributed by atoms with Crippen LogP contribution in [-0.4, -0.2) is 36.5 Å². The molecular weight excluding hydrogens is 400 g/mol. The second-order valence-corrected chi connectivity index (χ2v) is 11.2. The lowest BCUT2D eigenvalue weighted by atomic mass is 9.98. The van der Waals surface area contributed by atoms with Crippen LogP contribution in [0.4, 0.5) is 4.79 Å². The van der Waals surface area contributed by atoms with Gasteiger partial charge in [0.25, 0.3) is 0 Å². The van der Waals surface area contributed by atoms with Crippen LogP contribution in [0.15, 0.2) is 59.5 Å². The van der Waals surface area contributed by atoms with Gasteiger partial charge in [0, 0.05) is 12.5 Å². The number of carbonyl (C=O) groups is 1. The molecule has 0 radical (unpaired) electrons. The largest absolute Gasteiger partial charge is 0.444 e. The van der Waals surface area contributed by atoms with E-state index in [2.05, 4.69) is 5.32 Å². The van der Waals surface area contributed by atoms with Crippen LogP contribution < -0.4 is 5.32 Å². The van der Waals surface area contributed by atoms with Gasteiger partial charge in [-0.2, -0.15) is 4.31 Å². The van der Waals surface area contributed by atoms with E-state index >= 15 is 0 Å². The molecule has 2 aliphatic rings. The Bertz CT molecular complexity index is 1040. The second kappa shape index (κ2) is 7.10. The zero-order valence-electron chi connectivity index (χ0n) is 17.8. The molecule has 1 aliphatic heterocycles. The Labute approximate surface area is 178 Å². The van der Waals surface area contributed by atoms with E-state index in [0.29, 0.717) is 6.54 Å². The lowest BCUT2D eigenvalue weighted by Crippen LogP contribution is -2.47. The van der Waals surface area contributed by atoms with Crippen molar-refractivity contribution in [1.82, 2.24) is 9.62 Å². The minimum atomic E-state index is -3.72. The van der Waals surface area contributed by atoms with E-state index in [1.54, 1.807) is 28.6 Å². The first-order chi connectivity index (χ1) is 14.0. The molecule has 160 valence electrons. The molecule has 4 rings (SSSR count). The fourth-order valence-corrected chi connectivity index (χ4v) is 6.10. The molecule has 1 aliphatic carbocycles. The second-order valence-electron chi connectivity index (χ2n) is 9.27. The lowest BCUT2D eigenvalue weighted by molar-refractivity contribution is 0.0479. The molecule has 0 spiro atoms. The van der Waals surface area contributed by atoms with E-state index in [4.69, 9.17) is 4.74 Å². The number of sulfonamides is 1. The Morgan fingerprint density at radius 1 is 1.10 bits per heavy atom. The zero-order valence-corrected chi connectivity index (χ0v) is 18.6. The number of ether oxygens (including phenoxy) is 1. The summed E-state index contributed by atoms with van der Waals surface area (Å²) < 4.78 is 34.1. The minimum absolute atomic E-state index is 0.0513. The average molecular weight is 429 g/mol. The van der Waals surface area contributed by atoms with Gasteiger partial charge in [-0.25, -0.2) is 13.2 Å². The molecule has 2 aromatic rings.